The van der Waals surface area contributed by atoms with Gasteiger partial charge in [-0.3, -0.25) is 18.6 Å². The van der Waals surface area contributed by atoms with Crippen LogP contribution in [0.15, 0.2) is 24.3 Å². The number of carbonyl (C=O) groups is 2. The minimum atomic E-state index is -4.36. The summed E-state index contributed by atoms with van der Waals surface area (Å²) in [7, 11) is 1.46. The summed E-state index contributed by atoms with van der Waals surface area (Å²) in [6.45, 7) is 4.23. The maximum absolute atomic E-state index is 12.5. The first-order valence-corrected chi connectivity index (χ1v) is 18.1. The maximum atomic E-state index is 12.5. The molecular weight excluding hydrogens is 569 g/mol. The number of unbranched alkanes of at least 4 members (excludes halogenated alkanes) is 11. The molecule has 0 rings (SSSR count). The predicted octanol–water partition coefficient (Wildman–Crippen LogP) is 8.07. The average Bonchev–Trinajstić information content (AvgIpc) is 2.93. The summed E-state index contributed by atoms with van der Waals surface area (Å²) in [4.78, 5) is 34.8. The minimum absolute atomic E-state index is 0.0294. The van der Waals surface area contributed by atoms with Gasteiger partial charge in [0.2, 0.25) is 0 Å². The predicted molar refractivity (Wildman–Crippen MR) is 174 cm³/mol. The van der Waals surface area contributed by atoms with Crippen molar-refractivity contribution in [2.24, 2.45) is 0 Å². The Labute approximate surface area is 262 Å². The zero-order valence-electron chi connectivity index (χ0n) is 27.9. The van der Waals surface area contributed by atoms with Gasteiger partial charge in [-0.25, -0.2) is 4.57 Å². The molecule has 0 aromatic rings. The second kappa shape index (κ2) is 26.9. The van der Waals surface area contributed by atoms with Crippen molar-refractivity contribution in [2.75, 3.05) is 47.5 Å². The van der Waals surface area contributed by atoms with E-state index < -0.39 is 26.5 Å². The molecule has 0 saturated carbocycles. The number of phosphoric ester groups is 1. The minimum Gasteiger partial charge on any atom is -0.462 e. The molecule has 0 saturated heterocycles. The number of hydrogen-bond donors (Lipinski definition) is 1. The topological polar surface area (TPSA) is 108 Å². The fourth-order valence-corrected chi connectivity index (χ4v) is 4.79. The molecule has 43 heavy (non-hydrogen) atoms. The Bertz CT molecular complexity index is 809. The number of allylic oxidation sites excluding steroid dienone is 4. The van der Waals surface area contributed by atoms with Gasteiger partial charge < -0.3 is 18.9 Å². The van der Waals surface area contributed by atoms with E-state index in [-0.39, 0.29) is 32.0 Å². The zero-order chi connectivity index (χ0) is 32.2. The molecule has 0 amide bonds. The van der Waals surface area contributed by atoms with Crippen LogP contribution >= 0.6 is 7.82 Å². The van der Waals surface area contributed by atoms with E-state index in [1.165, 1.54) is 19.3 Å². The van der Waals surface area contributed by atoms with Crippen molar-refractivity contribution >= 4 is 19.8 Å². The Morgan fingerprint density at radius 1 is 0.721 bits per heavy atom. The lowest BCUT2D eigenvalue weighted by molar-refractivity contribution is -0.870. The molecule has 0 spiro atoms. The lowest BCUT2D eigenvalue weighted by atomic mass is 10.1. The SMILES string of the molecule is CCC/C=C\C/C=C\CCCCCCCC(=O)OC(COC(=O)CCCCCCCC)COP(=O)(O)OCC[N+](C)(C)C. The Morgan fingerprint density at radius 2 is 1.30 bits per heavy atom. The summed E-state index contributed by atoms with van der Waals surface area (Å²) in [5.41, 5.74) is 0. The van der Waals surface area contributed by atoms with Crippen molar-refractivity contribution in [2.45, 2.75) is 129 Å². The van der Waals surface area contributed by atoms with Crippen LogP contribution < -0.4 is 0 Å². The maximum Gasteiger partial charge on any atom is 0.472 e. The molecule has 0 bridgehead atoms. The van der Waals surface area contributed by atoms with Crippen LogP contribution in [-0.4, -0.2) is 74.9 Å². The van der Waals surface area contributed by atoms with E-state index in [0.29, 0.717) is 17.4 Å². The highest BCUT2D eigenvalue weighted by Crippen LogP contribution is 2.43. The van der Waals surface area contributed by atoms with Gasteiger partial charge in [-0.2, -0.15) is 0 Å². The number of quaternary nitrogens is 1. The molecule has 0 radical (unpaired) electrons. The van der Waals surface area contributed by atoms with E-state index in [2.05, 4.69) is 38.2 Å². The smallest absolute Gasteiger partial charge is 0.462 e. The van der Waals surface area contributed by atoms with E-state index >= 15 is 0 Å². The van der Waals surface area contributed by atoms with Gasteiger partial charge in [-0.1, -0.05) is 95.9 Å². The molecule has 252 valence electrons. The van der Waals surface area contributed by atoms with E-state index in [0.717, 1.165) is 70.6 Å². The Kier molecular flexibility index (Phi) is 25.9. The normalized spacial score (nSPS) is 14.3. The van der Waals surface area contributed by atoms with Gasteiger partial charge in [0.25, 0.3) is 0 Å². The Balaban J connectivity index is 4.50. The number of nitrogens with zero attached hydrogens (tertiary/aromatic N) is 1. The van der Waals surface area contributed by atoms with Gasteiger partial charge in [0.05, 0.1) is 27.7 Å². The van der Waals surface area contributed by atoms with Crippen molar-refractivity contribution in [3.05, 3.63) is 24.3 Å². The molecule has 0 aromatic carbocycles. The zero-order valence-corrected chi connectivity index (χ0v) is 28.8. The Hall–Kier alpha value is -1.51. The first-order chi connectivity index (χ1) is 20.5. The summed E-state index contributed by atoms with van der Waals surface area (Å²) in [5.74, 6) is -0.830. The number of hydrogen-bond acceptors (Lipinski definition) is 7. The fraction of sp³-hybridized carbons (Fsp3) is 0.818. The summed E-state index contributed by atoms with van der Waals surface area (Å²) in [6, 6.07) is 0. The summed E-state index contributed by atoms with van der Waals surface area (Å²) in [6.07, 6.45) is 24.0. The standard InChI is InChI=1S/C33H62NO8P/c1-6-8-10-12-14-15-16-17-18-19-20-22-24-26-33(36)42-31(29-39-32(35)25-23-21-13-11-9-7-2)30-41-43(37,38)40-28-27-34(3,4)5/h10,12,15-16,31H,6-9,11,13-14,17-30H2,1-5H3/p+1/b12-10-,16-15-. The molecule has 2 atom stereocenters. The molecule has 0 aliphatic carbocycles. The van der Waals surface area contributed by atoms with Crippen LogP contribution in [0.4, 0.5) is 0 Å². The van der Waals surface area contributed by atoms with E-state index in [4.69, 9.17) is 18.5 Å². The van der Waals surface area contributed by atoms with Gasteiger partial charge in [-0.05, 0) is 38.5 Å². The first kappa shape index (κ1) is 41.5. The molecular formula is C33H63NO8P+. The molecule has 0 heterocycles. The van der Waals surface area contributed by atoms with E-state index in [9.17, 15) is 19.0 Å². The van der Waals surface area contributed by atoms with Gasteiger partial charge in [0.1, 0.15) is 19.8 Å². The molecule has 10 heteroatoms. The quantitative estimate of drug-likeness (QED) is 0.0290. The fourth-order valence-electron chi connectivity index (χ4n) is 4.05. The van der Waals surface area contributed by atoms with Crippen LogP contribution in [0.2, 0.25) is 0 Å². The van der Waals surface area contributed by atoms with Crippen molar-refractivity contribution < 1.29 is 42.1 Å². The van der Waals surface area contributed by atoms with Crippen LogP contribution in [0.25, 0.3) is 0 Å². The third kappa shape index (κ3) is 30.3. The van der Waals surface area contributed by atoms with Gasteiger partial charge >= 0.3 is 19.8 Å². The number of ether oxygens (including phenoxy) is 2. The van der Waals surface area contributed by atoms with Crippen molar-refractivity contribution in [3.8, 4) is 0 Å². The van der Waals surface area contributed by atoms with E-state index in [1.54, 1.807) is 0 Å². The monoisotopic (exact) mass is 632 g/mol. The lowest BCUT2D eigenvalue weighted by Crippen LogP contribution is -2.37. The number of carbonyl (C=O) groups excluding carboxylic acids is 2. The van der Waals surface area contributed by atoms with Crippen LogP contribution in [0.3, 0.4) is 0 Å². The number of phosphoric acid groups is 1. The Morgan fingerprint density at radius 3 is 1.93 bits per heavy atom. The molecule has 1 N–H and O–H groups in total. The third-order valence-electron chi connectivity index (χ3n) is 6.72. The first-order valence-electron chi connectivity index (χ1n) is 16.6. The van der Waals surface area contributed by atoms with Crippen LogP contribution in [0.5, 0.6) is 0 Å². The average molecular weight is 633 g/mol. The molecule has 9 nitrogen and oxygen atoms in total. The molecule has 2 unspecified atom stereocenters. The van der Waals surface area contributed by atoms with Gasteiger partial charge in [-0.15, -0.1) is 0 Å². The molecule has 0 aromatic heterocycles. The van der Waals surface area contributed by atoms with Crippen molar-refractivity contribution in [3.63, 3.8) is 0 Å². The summed E-state index contributed by atoms with van der Waals surface area (Å²) >= 11 is 0. The lowest BCUT2D eigenvalue weighted by Gasteiger charge is -2.24. The second-order valence-corrected chi connectivity index (χ2v) is 13.7. The molecule has 0 fully saturated rings. The molecule has 0 aliphatic rings. The van der Waals surface area contributed by atoms with Gasteiger partial charge in [0.15, 0.2) is 6.10 Å². The highest BCUT2D eigenvalue weighted by atomic mass is 31.2. The summed E-state index contributed by atoms with van der Waals surface area (Å²) in [5, 5.41) is 0. The second-order valence-electron chi connectivity index (χ2n) is 12.2. The van der Waals surface area contributed by atoms with Crippen LogP contribution in [-0.2, 0) is 32.7 Å². The van der Waals surface area contributed by atoms with Crippen molar-refractivity contribution in [1.29, 1.82) is 0 Å². The van der Waals surface area contributed by atoms with Crippen molar-refractivity contribution in [1.82, 2.24) is 0 Å². The van der Waals surface area contributed by atoms with Gasteiger partial charge in [0, 0.05) is 12.8 Å². The summed E-state index contributed by atoms with van der Waals surface area (Å²) < 4.78 is 33.9. The molecule has 0 aliphatic heterocycles. The van der Waals surface area contributed by atoms with E-state index in [1.807, 2.05) is 21.1 Å². The van der Waals surface area contributed by atoms with Crippen LogP contribution in [0, 0.1) is 0 Å². The largest absolute Gasteiger partial charge is 0.472 e. The highest BCUT2D eigenvalue weighted by molar-refractivity contribution is 7.47. The number of rotatable bonds is 29. The van der Waals surface area contributed by atoms with Crippen LogP contribution in [0.1, 0.15) is 123 Å². The number of likely N-dealkylation sites (N-methyl/N-ethyl adjacent to an activating group) is 1. The third-order valence-corrected chi connectivity index (χ3v) is 7.70. The highest BCUT2D eigenvalue weighted by Gasteiger charge is 2.27. The number of esters is 2.